The number of rotatable bonds is 6. The van der Waals surface area contributed by atoms with Gasteiger partial charge in [0.15, 0.2) is 0 Å². The lowest BCUT2D eigenvalue weighted by molar-refractivity contribution is -0.134. The van der Waals surface area contributed by atoms with Crippen molar-refractivity contribution in [2.24, 2.45) is 5.41 Å². The maximum atomic E-state index is 12.5. The average Bonchev–Trinajstić information content (AvgIpc) is 2.98. The molecule has 1 aliphatic heterocycles. The van der Waals surface area contributed by atoms with Crippen LogP contribution in [0.2, 0.25) is 0 Å². The van der Waals surface area contributed by atoms with Gasteiger partial charge in [0.25, 0.3) is 0 Å². The Labute approximate surface area is 128 Å². The molecule has 0 spiro atoms. The summed E-state index contributed by atoms with van der Waals surface area (Å²) in [5, 5.41) is 0. The zero-order chi connectivity index (χ0) is 15.3. The van der Waals surface area contributed by atoms with E-state index in [1.807, 2.05) is 24.4 Å². The molecule has 0 aromatic carbocycles. The summed E-state index contributed by atoms with van der Waals surface area (Å²) in [5.41, 5.74) is 1.31. The Bertz CT molecular complexity index is 456. The van der Waals surface area contributed by atoms with E-state index in [2.05, 4.69) is 30.7 Å². The summed E-state index contributed by atoms with van der Waals surface area (Å²) in [6.45, 7) is 7.74. The van der Waals surface area contributed by atoms with Gasteiger partial charge in [0, 0.05) is 30.9 Å². The molecule has 1 fully saturated rings. The Morgan fingerprint density at radius 2 is 2.24 bits per heavy atom. The highest BCUT2D eigenvalue weighted by atomic mass is 16.2. The maximum absolute atomic E-state index is 12.5. The van der Waals surface area contributed by atoms with E-state index in [9.17, 15) is 4.79 Å². The highest BCUT2D eigenvalue weighted by molar-refractivity contribution is 5.76. The second-order valence-corrected chi connectivity index (χ2v) is 6.76. The Hall–Kier alpha value is -1.38. The van der Waals surface area contributed by atoms with Gasteiger partial charge in [-0.1, -0.05) is 26.8 Å². The van der Waals surface area contributed by atoms with Gasteiger partial charge in [0.05, 0.1) is 0 Å². The number of hydrogen-bond acceptors (Lipinski definition) is 2. The van der Waals surface area contributed by atoms with Crippen molar-refractivity contribution in [3.8, 4) is 0 Å². The first-order valence-corrected chi connectivity index (χ1v) is 8.24. The van der Waals surface area contributed by atoms with Gasteiger partial charge in [-0.25, -0.2) is 0 Å². The second-order valence-electron chi connectivity index (χ2n) is 6.76. The number of pyridine rings is 1. The Balaban J connectivity index is 1.85. The molecule has 2 heterocycles. The van der Waals surface area contributed by atoms with Crippen LogP contribution in [0.15, 0.2) is 24.4 Å². The Morgan fingerprint density at radius 1 is 1.43 bits per heavy atom. The van der Waals surface area contributed by atoms with Gasteiger partial charge in [0.2, 0.25) is 5.91 Å². The third kappa shape index (κ3) is 4.05. The molecule has 3 nitrogen and oxygen atoms in total. The molecule has 1 aromatic rings. The van der Waals surface area contributed by atoms with E-state index in [0.717, 1.165) is 44.3 Å². The minimum atomic E-state index is 0.229. The van der Waals surface area contributed by atoms with Crippen molar-refractivity contribution in [3.05, 3.63) is 30.1 Å². The van der Waals surface area contributed by atoms with E-state index in [-0.39, 0.29) is 5.41 Å². The van der Waals surface area contributed by atoms with Crippen molar-refractivity contribution in [2.45, 2.75) is 65.3 Å². The van der Waals surface area contributed by atoms with Gasteiger partial charge in [-0.15, -0.1) is 0 Å². The van der Waals surface area contributed by atoms with E-state index in [1.54, 1.807) is 0 Å². The summed E-state index contributed by atoms with van der Waals surface area (Å²) in [5.74, 6) is 0.329. The predicted molar refractivity (Wildman–Crippen MR) is 86.0 cm³/mol. The lowest BCUT2D eigenvalue weighted by Crippen LogP contribution is -2.44. The van der Waals surface area contributed by atoms with Crippen LogP contribution < -0.4 is 0 Å². The lowest BCUT2D eigenvalue weighted by atomic mass is 9.80. The molecule has 1 saturated heterocycles. The first-order chi connectivity index (χ1) is 10.0. The van der Waals surface area contributed by atoms with Crippen LogP contribution in [0.5, 0.6) is 0 Å². The molecule has 1 unspecified atom stereocenters. The number of nitrogens with zero attached hydrogens (tertiary/aromatic N) is 2. The van der Waals surface area contributed by atoms with Crippen LogP contribution in [0.4, 0.5) is 0 Å². The molecule has 0 bridgehead atoms. The number of amides is 1. The van der Waals surface area contributed by atoms with Crippen molar-refractivity contribution in [1.82, 2.24) is 9.88 Å². The van der Waals surface area contributed by atoms with E-state index in [1.165, 1.54) is 0 Å². The quantitative estimate of drug-likeness (QED) is 0.797. The van der Waals surface area contributed by atoms with Gasteiger partial charge >= 0.3 is 0 Å². The van der Waals surface area contributed by atoms with Crippen molar-refractivity contribution >= 4 is 5.91 Å². The van der Waals surface area contributed by atoms with Crippen molar-refractivity contribution < 1.29 is 4.79 Å². The lowest BCUT2D eigenvalue weighted by Gasteiger charge is -2.37. The normalized spacial score (nSPS) is 19.0. The molecule has 116 valence electrons. The van der Waals surface area contributed by atoms with Gasteiger partial charge in [-0.3, -0.25) is 9.78 Å². The van der Waals surface area contributed by atoms with Crippen LogP contribution in [0.1, 0.15) is 58.6 Å². The Kier molecular flexibility index (Phi) is 5.38. The van der Waals surface area contributed by atoms with Gasteiger partial charge < -0.3 is 4.90 Å². The molecule has 1 aliphatic rings. The van der Waals surface area contributed by atoms with E-state index >= 15 is 0 Å². The summed E-state index contributed by atoms with van der Waals surface area (Å²) in [6, 6.07) is 6.38. The monoisotopic (exact) mass is 288 g/mol. The molecule has 2 rings (SSSR count). The molecule has 3 heteroatoms. The predicted octanol–water partition coefficient (Wildman–Crippen LogP) is 3.83. The highest BCUT2D eigenvalue weighted by Crippen LogP contribution is 2.36. The minimum absolute atomic E-state index is 0.229. The van der Waals surface area contributed by atoms with E-state index < -0.39 is 0 Å². The zero-order valence-electron chi connectivity index (χ0n) is 13.6. The summed E-state index contributed by atoms with van der Waals surface area (Å²) in [7, 11) is 0. The molecule has 1 amide bonds. The first-order valence-electron chi connectivity index (χ1n) is 8.24. The number of aryl methyl sites for hydroxylation is 1. The SMILES string of the molecule is CCC(C)(C)C1CCCN1C(=O)CCCc1ccccn1. The van der Waals surface area contributed by atoms with Crippen LogP contribution in [0.25, 0.3) is 0 Å². The number of aromatic nitrogens is 1. The third-order valence-electron chi connectivity index (χ3n) is 4.94. The number of likely N-dealkylation sites (tertiary alicyclic amines) is 1. The van der Waals surface area contributed by atoms with Gasteiger partial charge in [-0.2, -0.15) is 0 Å². The summed E-state index contributed by atoms with van der Waals surface area (Å²) in [6.07, 6.45) is 7.68. The highest BCUT2D eigenvalue weighted by Gasteiger charge is 2.38. The van der Waals surface area contributed by atoms with Crippen LogP contribution in [-0.4, -0.2) is 28.4 Å². The second kappa shape index (κ2) is 7.06. The third-order valence-corrected chi connectivity index (χ3v) is 4.94. The van der Waals surface area contributed by atoms with Crippen molar-refractivity contribution in [2.75, 3.05) is 6.54 Å². The standard InChI is InChI=1S/C18H28N2O/c1-4-18(2,3)16-11-8-14-20(16)17(21)12-7-10-15-9-5-6-13-19-15/h5-6,9,13,16H,4,7-8,10-12,14H2,1-3H3. The van der Waals surface area contributed by atoms with Crippen LogP contribution in [0, 0.1) is 5.41 Å². The van der Waals surface area contributed by atoms with Gasteiger partial charge in [0.1, 0.15) is 0 Å². The Morgan fingerprint density at radius 3 is 2.90 bits per heavy atom. The fourth-order valence-electron chi connectivity index (χ4n) is 3.22. The first kappa shape index (κ1) is 16.0. The molecule has 1 aromatic heterocycles. The molecular formula is C18H28N2O. The van der Waals surface area contributed by atoms with E-state index in [0.29, 0.717) is 18.4 Å². The molecule has 0 aliphatic carbocycles. The smallest absolute Gasteiger partial charge is 0.222 e. The maximum Gasteiger partial charge on any atom is 0.222 e. The van der Waals surface area contributed by atoms with Crippen molar-refractivity contribution in [3.63, 3.8) is 0 Å². The number of carbonyl (C=O) groups excluding carboxylic acids is 1. The molecular weight excluding hydrogens is 260 g/mol. The molecule has 0 saturated carbocycles. The van der Waals surface area contributed by atoms with Crippen LogP contribution >= 0.6 is 0 Å². The summed E-state index contributed by atoms with van der Waals surface area (Å²) >= 11 is 0. The minimum Gasteiger partial charge on any atom is -0.339 e. The fourth-order valence-corrected chi connectivity index (χ4v) is 3.22. The zero-order valence-corrected chi connectivity index (χ0v) is 13.6. The van der Waals surface area contributed by atoms with Gasteiger partial charge in [-0.05, 0) is 49.7 Å². The topological polar surface area (TPSA) is 33.2 Å². The summed E-state index contributed by atoms with van der Waals surface area (Å²) < 4.78 is 0. The largest absolute Gasteiger partial charge is 0.339 e. The van der Waals surface area contributed by atoms with E-state index in [4.69, 9.17) is 0 Å². The molecule has 0 radical (unpaired) electrons. The van der Waals surface area contributed by atoms with Crippen LogP contribution in [-0.2, 0) is 11.2 Å². The van der Waals surface area contributed by atoms with Crippen molar-refractivity contribution in [1.29, 1.82) is 0 Å². The number of hydrogen-bond donors (Lipinski definition) is 0. The molecule has 0 N–H and O–H groups in total. The van der Waals surface area contributed by atoms with Crippen LogP contribution in [0.3, 0.4) is 0 Å². The fraction of sp³-hybridized carbons (Fsp3) is 0.667. The number of carbonyl (C=O) groups is 1. The average molecular weight is 288 g/mol. The summed E-state index contributed by atoms with van der Waals surface area (Å²) in [4.78, 5) is 19.0. The molecule has 21 heavy (non-hydrogen) atoms. The molecule has 1 atom stereocenters.